The van der Waals surface area contributed by atoms with E-state index < -0.39 is 0 Å². The standard InChI is InChI=1S/C64H42N4O2.Pt/c1-64(2,3)41-34-35-65-59(36-41)68-56-38-44(30-31-50(56)53-32-33-58-60(63(53)68)54-24-11-12-29-57(54)70-58)69-43-19-13-18-42(37-43)66-39-67-61-45(40-16-5-4-6-17-40)25-14-26-51(61)48-22-9-7-20-46(48)47-21-8-10-23-49(47)52-27-15-28-55(66)62(52)67;/h4-36H,1-3H3;/q-2;. The van der Waals surface area contributed by atoms with Crippen molar-refractivity contribution in [2.45, 2.75) is 26.2 Å². The molecule has 0 atom stereocenters. The molecule has 9 aromatic carbocycles. The Kier molecular flexibility index (Phi) is 9.88. The van der Waals surface area contributed by atoms with Gasteiger partial charge in [-0.15, -0.1) is 29.7 Å². The molecule has 0 radical (unpaired) electrons. The smallest absolute Gasteiger partial charge is 0.268 e. The molecule has 71 heavy (non-hydrogen) atoms. The number of rotatable bonds is 5. The molecule has 0 N–H and O–H groups in total. The zero-order chi connectivity index (χ0) is 46.7. The van der Waals surface area contributed by atoms with E-state index in [2.05, 4.69) is 217 Å². The molecule has 0 saturated heterocycles. The van der Waals surface area contributed by atoms with Crippen molar-refractivity contribution in [3.05, 3.63) is 224 Å². The van der Waals surface area contributed by atoms with Gasteiger partial charge in [0.2, 0.25) is 0 Å². The van der Waals surface area contributed by atoms with Crippen molar-refractivity contribution >= 4 is 54.8 Å². The molecular weight excluding hydrogens is 1050 g/mol. The molecule has 0 unspecified atom stereocenters. The summed E-state index contributed by atoms with van der Waals surface area (Å²) in [6, 6.07) is 75.6. The van der Waals surface area contributed by atoms with Crippen LogP contribution >= 0.6 is 0 Å². The van der Waals surface area contributed by atoms with Gasteiger partial charge in [-0.1, -0.05) is 166 Å². The minimum atomic E-state index is -0.0881. The molecule has 0 spiro atoms. The van der Waals surface area contributed by atoms with Crippen molar-refractivity contribution in [1.29, 1.82) is 0 Å². The van der Waals surface area contributed by atoms with Gasteiger partial charge in [0.1, 0.15) is 17.0 Å². The maximum absolute atomic E-state index is 6.82. The third-order valence-electron chi connectivity index (χ3n) is 14.0. The van der Waals surface area contributed by atoms with Crippen molar-refractivity contribution < 1.29 is 34.8 Å². The molecule has 14 rings (SSSR count). The molecule has 342 valence electrons. The number of benzene rings is 9. The van der Waals surface area contributed by atoms with E-state index in [1.165, 1.54) is 16.7 Å². The van der Waals surface area contributed by atoms with Crippen LogP contribution in [0, 0.1) is 18.5 Å². The average molecular weight is 1090 g/mol. The molecule has 13 aromatic rings. The van der Waals surface area contributed by atoms with Crippen LogP contribution in [0.1, 0.15) is 26.3 Å². The Hall–Kier alpha value is -8.31. The predicted molar refractivity (Wildman–Crippen MR) is 281 cm³/mol. The fourth-order valence-corrected chi connectivity index (χ4v) is 10.7. The summed E-state index contributed by atoms with van der Waals surface area (Å²) in [6.07, 6.45) is 5.79. The van der Waals surface area contributed by atoms with Crippen molar-refractivity contribution in [2.24, 2.45) is 0 Å². The molecule has 0 saturated carbocycles. The number of furan rings is 1. The number of fused-ring (bicyclic) bond motifs is 14. The van der Waals surface area contributed by atoms with Gasteiger partial charge in [-0.05, 0) is 90.8 Å². The largest absolute Gasteiger partial charge is 0.510 e. The third-order valence-corrected chi connectivity index (χ3v) is 14.0. The zero-order valence-electron chi connectivity index (χ0n) is 39.0. The van der Waals surface area contributed by atoms with Gasteiger partial charge in [0.15, 0.2) is 0 Å². The summed E-state index contributed by atoms with van der Waals surface area (Å²) in [5.41, 5.74) is 17.7. The van der Waals surface area contributed by atoms with E-state index in [1.807, 2.05) is 36.5 Å². The van der Waals surface area contributed by atoms with Crippen LogP contribution in [0.2, 0.25) is 0 Å². The normalized spacial score (nSPS) is 12.0. The van der Waals surface area contributed by atoms with E-state index >= 15 is 0 Å². The molecular formula is C64H42N4O2Pt-2. The SMILES string of the molecule is CC(C)(C)c1ccnc(-n2c3[c-]c(Oc4[c-]c(-n5[c-][n+]6c7c(cccc75)-c5ccccc5-c5ccccc5-c5cccc(-c7ccccc7)c5-6)ccc4)ccc3c3ccc4oc5ccccc5c4c32)c1.[Pt]. The topological polar surface area (TPSA) is 49.0 Å². The van der Waals surface area contributed by atoms with Gasteiger partial charge in [0.25, 0.3) is 6.33 Å². The summed E-state index contributed by atoms with van der Waals surface area (Å²) in [7, 11) is 0. The Morgan fingerprint density at radius 1 is 0.549 bits per heavy atom. The van der Waals surface area contributed by atoms with Crippen LogP contribution in [-0.2, 0) is 26.5 Å². The summed E-state index contributed by atoms with van der Waals surface area (Å²) >= 11 is 0. The second kappa shape index (κ2) is 16.4. The minimum Gasteiger partial charge on any atom is -0.510 e. The van der Waals surface area contributed by atoms with Gasteiger partial charge in [-0.2, -0.15) is 18.2 Å². The Morgan fingerprint density at radius 3 is 2.00 bits per heavy atom. The fourth-order valence-electron chi connectivity index (χ4n) is 10.7. The molecule has 1 aliphatic rings. The Balaban J connectivity index is 0.00000492. The summed E-state index contributed by atoms with van der Waals surface area (Å²) < 4.78 is 19.9. The van der Waals surface area contributed by atoms with Crippen molar-refractivity contribution in [3.63, 3.8) is 0 Å². The van der Waals surface area contributed by atoms with E-state index in [1.54, 1.807) is 0 Å². The van der Waals surface area contributed by atoms with Crippen LogP contribution in [0.15, 0.2) is 205 Å². The van der Waals surface area contributed by atoms with Gasteiger partial charge in [-0.3, -0.25) is 4.57 Å². The van der Waals surface area contributed by atoms with E-state index in [0.717, 1.165) is 105 Å². The van der Waals surface area contributed by atoms with Gasteiger partial charge >= 0.3 is 0 Å². The van der Waals surface area contributed by atoms with Crippen LogP contribution in [0.5, 0.6) is 11.5 Å². The molecule has 0 amide bonds. The Morgan fingerprint density at radius 2 is 1.20 bits per heavy atom. The second-order valence-corrected chi connectivity index (χ2v) is 19.1. The average Bonchev–Trinajstić information content (AvgIpc) is 4.09. The zero-order valence-corrected chi connectivity index (χ0v) is 41.2. The molecule has 4 aromatic heterocycles. The minimum absolute atomic E-state index is 0. The van der Waals surface area contributed by atoms with Crippen molar-refractivity contribution in [2.75, 3.05) is 0 Å². The van der Waals surface area contributed by atoms with Crippen LogP contribution < -0.4 is 9.30 Å². The van der Waals surface area contributed by atoms with Gasteiger partial charge < -0.3 is 18.3 Å². The van der Waals surface area contributed by atoms with E-state index in [-0.39, 0.29) is 26.5 Å². The summed E-state index contributed by atoms with van der Waals surface area (Å²) in [6.45, 7) is 6.68. The molecule has 7 heteroatoms. The first-order valence-electron chi connectivity index (χ1n) is 23.7. The Labute approximate surface area is 424 Å². The first kappa shape index (κ1) is 42.8. The van der Waals surface area contributed by atoms with Crippen LogP contribution in [0.3, 0.4) is 0 Å². The number of imidazole rings is 1. The third kappa shape index (κ3) is 6.73. The second-order valence-electron chi connectivity index (χ2n) is 19.1. The number of pyridine rings is 1. The maximum Gasteiger partial charge on any atom is 0.268 e. The van der Waals surface area contributed by atoms with E-state index in [0.29, 0.717) is 11.5 Å². The number of nitrogens with zero attached hydrogens (tertiary/aromatic N) is 4. The molecule has 1 aliphatic heterocycles. The summed E-state index contributed by atoms with van der Waals surface area (Å²) in [5, 5.41) is 4.21. The molecule has 0 bridgehead atoms. The molecule has 0 aliphatic carbocycles. The van der Waals surface area contributed by atoms with Crippen molar-refractivity contribution in [1.82, 2.24) is 14.1 Å². The molecule has 5 heterocycles. The first-order chi connectivity index (χ1) is 34.4. The maximum atomic E-state index is 6.82. The summed E-state index contributed by atoms with van der Waals surface area (Å²) in [4.78, 5) is 5.00. The van der Waals surface area contributed by atoms with Crippen LogP contribution in [0.4, 0.5) is 0 Å². The van der Waals surface area contributed by atoms with Gasteiger partial charge in [0, 0.05) is 44.1 Å². The molecule has 6 nitrogen and oxygen atoms in total. The molecule has 0 fully saturated rings. The number of ether oxygens (including phenoxy) is 1. The quantitative estimate of drug-likeness (QED) is 0.127. The van der Waals surface area contributed by atoms with Crippen LogP contribution in [0.25, 0.3) is 116 Å². The van der Waals surface area contributed by atoms with Gasteiger partial charge in [-0.25, -0.2) is 4.98 Å². The number of aromatic nitrogens is 4. The van der Waals surface area contributed by atoms with Gasteiger partial charge in [0.05, 0.1) is 27.6 Å². The predicted octanol–water partition coefficient (Wildman–Crippen LogP) is 15.8. The summed E-state index contributed by atoms with van der Waals surface area (Å²) in [5.74, 6) is 1.91. The first-order valence-corrected chi connectivity index (χ1v) is 23.7. The monoisotopic (exact) mass is 1090 g/mol. The number of hydrogen-bond acceptors (Lipinski definition) is 3. The number of hydrogen-bond donors (Lipinski definition) is 0. The van der Waals surface area contributed by atoms with E-state index in [9.17, 15) is 0 Å². The Bertz CT molecular complexity index is 4270. The van der Waals surface area contributed by atoms with Crippen LogP contribution in [-0.4, -0.2) is 14.1 Å². The van der Waals surface area contributed by atoms with E-state index in [4.69, 9.17) is 14.1 Å². The number of para-hydroxylation sites is 3. The fraction of sp³-hybridized carbons (Fsp3) is 0.0625. The van der Waals surface area contributed by atoms with Crippen molar-refractivity contribution in [3.8, 4) is 73.2 Å².